The Hall–Kier alpha value is -2.92. The molecule has 5 nitrogen and oxygen atoms in total. The van der Waals surface area contributed by atoms with Crippen molar-refractivity contribution >= 4 is 34.7 Å². The molecule has 2 N–H and O–H groups in total. The van der Waals surface area contributed by atoms with E-state index in [4.69, 9.17) is 11.6 Å². The van der Waals surface area contributed by atoms with E-state index in [1.807, 2.05) is 74.5 Å². The highest BCUT2D eigenvalue weighted by Gasteiger charge is 2.26. The molecule has 0 aliphatic rings. The van der Waals surface area contributed by atoms with Crippen molar-refractivity contribution in [3.8, 4) is 11.3 Å². The van der Waals surface area contributed by atoms with Crippen LogP contribution in [0.25, 0.3) is 11.3 Å². The molecule has 0 saturated heterocycles. The quantitative estimate of drug-likeness (QED) is 0.584. The number of carbonyl (C=O) groups is 1. The summed E-state index contributed by atoms with van der Waals surface area (Å²) in [6.45, 7) is 3.62. The van der Waals surface area contributed by atoms with Crippen molar-refractivity contribution in [3.05, 3.63) is 67.0 Å². The number of rotatable bonds is 6. The van der Waals surface area contributed by atoms with Crippen LogP contribution in [0.4, 0.5) is 17.2 Å². The second kappa shape index (κ2) is 8.18. The van der Waals surface area contributed by atoms with Gasteiger partial charge in [0.1, 0.15) is 12.1 Å². The summed E-state index contributed by atoms with van der Waals surface area (Å²) < 4.78 is 0. The average Bonchev–Trinajstić information content (AvgIpc) is 2.70. The molecule has 0 radical (unpaired) electrons. The molecule has 0 aliphatic heterocycles. The van der Waals surface area contributed by atoms with Crippen molar-refractivity contribution < 1.29 is 4.79 Å². The third kappa shape index (κ3) is 4.83. The largest absolute Gasteiger partial charge is 0.340 e. The van der Waals surface area contributed by atoms with Crippen LogP contribution < -0.4 is 10.6 Å². The van der Waals surface area contributed by atoms with Gasteiger partial charge in [-0.05, 0) is 38.1 Å². The van der Waals surface area contributed by atoms with Crippen LogP contribution in [0.15, 0.2) is 67.0 Å². The number of anilines is 3. The lowest BCUT2D eigenvalue weighted by Crippen LogP contribution is -2.32. The lowest BCUT2D eigenvalue weighted by molar-refractivity contribution is -0.122. The smallest absolute Gasteiger partial charge is 0.231 e. The topological polar surface area (TPSA) is 66.9 Å². The maximum Gasteiger partial charge on any atom is 0.231 e. The number of carbonyl (C=O) groups excluding carboxylic acids is 1. The number of aromatic nitrogens is 2. The minimum absolute atomic E-state index is 0.110. The van der Waals surface area contributed by atoms with Crippen LogP contribution in [0.2, 0.25) is 0 Å². The van der Waals surface area contributed by atoms with Crippen molar-refractivity contribution in [2.45, 2.75) is 13.8 Å². The molecule has 27 heavy (non-hydrogen) atoms. The Kier molecular flexibility index (Phi) is 5.72. The zero-order valence-electron chi connectivity index (χ0n) is 15.2. The molecule has 2 aromatic carbocycles. The van der Waals surface area contributed by atoms with E-state index in [0.717, 1.165) is 22.6 Å². The molecule has 1 amide bonds. The van der Waals surface area contributed by atoms with Gasteiger partial charge >= 0.3 is 0 Å². The van der Waals surface area contributed by atoms with Crippen LogP contribution in [0.1, 0.15) is 13.8 Å². The molecule has 0 bridgehead atoms. The molecule has 0 saturated carbocycles. The zero-order valence-corrected chi connectivity index (χ0v) is 16.0. The van der Waals surface area contributed by atoms with Crippen LogP contribution in [0, 0.1) is 5.41 Å². The van der Waals surface area contributed by atoms with Gasteiger partial charge in [0, 0.05) is 28.9 Å². The van der Waals surface area contributed by atoms with Gasteiger partial charge < -0.3 is 10.6 Å². The minimum atomic E-state index is -0.618. The number of benzene rings is 2. The molecule has 0 spiro atoms. The molecule has 3 aromatic rings. The number of hydrogen-bond donors (Lipinski definition) is 2. The van der Waals surface area contributed by atoms with Crippen molar-refractivity contribution in [2.24, 2.45) is 5.41 Å². The second-order valence-corrected chi connectivity index (χ2v) is 7.10. The number of nitrogens with one attached hydrogen (secondary N) is 2. The zero-order chi connectivity index (χ0) is 19.3. The lowest BCUT2D eigenvalue weighted by Gasteiger charge is -2.20. The molecular formula is C21H21ClN4O. The summed E-state index contributed by atoms with van der Waals surface area (Å²) >= 11 is 5.84. The predicted molar refractivity (Wildman–Crippen MR) is 110 cm³/mol. The lowest BCUT2D eigenvalue weighted by atomic mass is 9.95. The first-order valence-corrected chi connectivity index (χ1v) is 9.13. The maximum absolute atomic E-state index is 12.2. The Morgan fingerprint density at radius 3 is 2.33 bits per heavy atom. The fourth-order valence-electron chi connectivity index (χ4n) is 2.34. The third-order valence-corrected chi connectivity index (χ3v) is 4.77. The second-order valence-electron chi connectivity index (χ2n) is 6.83. The Bertz CT molecular complexity index is 911. The molecule has 1 aromatic heterocycles. The monoisotopic (exact) mass is 380 g/mol. The van der Waals surface area contributed by atoms with E-state index in [1.54, 1.807) is 0 Å². The first kappa shape index (κ1) is 18.9. The van der Waals surface area contributed by atoms with E-state index < -0.39 is 5.41 Å². The molecule has 0 unspecified atom stereocenters. The normalized spacial score (nSPS) is 11.1. The van der Waals surface area contributed by atoms with E-state index >= 15 is 0 Å². The van der Waals surface area contributed by atoms with Gasteiger partial charge in [-0.3, -0.25) is 4.79 Å². The molecule has 0 fully saturated rings. The molecule has 1 heterocycles. The van der Waals surface area contributed by atoms with Crippen LogP contribution >= 0.6 is 11.6 Å². The van der Waals surface area contributed by atoms with E-state index in [0.29, 0.717) is 5.82 Å². The summed E-state index contributed by atoms with van der Waals surface area (Å²) in [6.07, 6.45) is 1.54. The maximum atomic E-state index is 12.2. The van der Waals surface area contributed by atoms with E-state index in [-0.39, 0.29) is 11.8 Å². The van der Waals surface area contributed by atoms with Gasteiger partial charge in [0.2, 0.25) is 5.91 Å². The van der Waals surface area contributed by atoms with Gasteiger partial charge in [0.05, 0.1) is 11.1 Å². The summed E-state index contributed by atoms with van der Waals surface area (Å²) in [4.78, 5) is 20.8. The van der Waals surface area contributed by atoms with Crippen molar-refractivity contribution in [1.82, 2.24) is 9.97 Å². The highest BCUT2D eigenvalue weighted by molar-refractivity contribution is 6.20. The van der Waals surface area contributed by atoms with Gasteiger partial charge in [-0.1, -0.05) is 30.3 Å². The van der Waals surface area contributed by atoms with Gasteiger partial charge in [0.25, 0.3) is 0 Å². The minimum Gasteiger partial charge on any atom is -0.340 e. The van der Waals surface area contributed by atoms with Crippen LogP contribution in [0.5, 0.6) is 0 Å². The van der Waals surface area contributed by atoms with Crippen molar-refractivity contribution in [1.29, 1.82) is 0 Å². The fourth-order valence-corrected chi connectivity index (χ4v) is 2.46. The Labute approximate surface area is 163 Å². The molecule has 3 rings (SSSR count). The van der Waals surface area contributed by atoms with Crippen LogP contribution in [0.3, 0.4) is 0 Å². The highest BCUT2D eigenvalue weighted by Crippen LogP contribution is 2.23. The van der Waals surface area contributed by atoms with Gasteiger partial charge in [0.15, 0.2) is 0 Å². The molecular weight excluding hydrogens is 360 g/mol. The van der Waals surface area contributed by atoms with Crippen molar-refractivity contribution in [3.63, 3.8) is 0 Å². The predicted octanol–water partition coefficient (Wildman–Crippen LogP) is 5.09. The number of nitrogens with zero attached hydrogens (tertiary/aromatic N) is 2. The summed E-state index contributed by atoms with van der Waals surface area (Å²) in [5, 5.41) is 6.13. The molecule has 6 heteroatoms. The fraction of sp³-hybridized carbons (Fsp3) is 0.190. The summed E-state index contributed by atoms with van der Waals surface area (Å²) in [6, 6.07) is 19.3. The highest BCUT2D eigenvalue weighted by atomic mass is 35.5. The number of alkyl halides is 1. The SMILES string of the molecule is CC(C)(CCl)C(=O)Nc1ccc(Nc2cc(-c3ccccc3)ncn2)cc1. The standard InChI is InChI=1S/C21H21ClN4O/c1-21(2,13-22)20(27)26-17-10-8-16(9-11-17)25-19-12-18(23-14-24-19)15-6-4-3-5-7-15/h3-12,14H,13H2,1-2H3,(H,26,27)(H,23,24,25). The number of hydrogen-bond acceptors (Lipinski definition) is 4. The Balaban J connectivity index is 1.69. The summed E-state index contributed by atoms with van der Waals surface area (Å²) in [5.41, 5.74) is 2.84. The Morgan fingerprint density at radius 2 is 1.67 bits per heavy atom. The van der Waals surface area contributed by atoms with Crippen molar-refractivity contribution in [2.75, 3.05) is 16.5 Å². The van der Waals surface area contributed by atoms with Gasteiger partial charge in [-0.2, -0.15) is 0 Å². The molecule has 0 atom stereocenters. The van der Waals surface area contributed by atoms with Gasteiger partial charge in [-0.25, -0.2) is 9.97 Å². The molecule has 138 valence electrons. The average molecular weight is 381 g/mol. The number of amides is 1. The van der Waals surface area contributed by atoms with Crippen LogP contribution in [-0.2, 0) is 4.79 Å². The Morgan fingerprint density at radius 1 is 1.00 bits per heavy atom. The van der Waals surface area contributed by atoms with E-state index in [1.165, 1.54) is 6.33 Å². The van der Waals surface area contributed by atoms with E-state index in [9.17, 15) is 4.79 Å². The van der Waals surface area contributed by atoms with E-state index in [2.05, 4.69) is 20.6 Å². The molecule has 0 aliphatic carbocycles. The summed E-state index contributed by atoms with van der Waals surface area (Å²) in [5.74, 6) is 0.848. The van der Waals surface area contributed by atoms with Gasteiger partial charge in [-0.15, -0.1) is 11.6 Å². The van der Waals surface area contributed by atoms with Crippen LogP contribution in [-0.4, -0.2) is 21.8 Å². The number of halogens is 1. The summed E-state index contributed by atoms with van der Waals surface area (Å²) in [7, 11) is 0. The third-order valence-electron chi connectivity index (χ3n) is 4.10. The first-order valence-electron chi connectivity index (χ1n) is 8.60. The first-order chi connectivity index (χ1) is 13.0.